The van der Waals surface area contributed by atoms with Crippen LogP contribution in [0.25, 0.3) is 0 Å². The fourth-order valence-electron chi connectivity index (χ4n) is 4.65. The fraction of sp³-hybridized carbons (Fsp3) is 0.609. The summed E-state index contributed by atoms with van der Waals surface area (Å²) in [5.74, 6) is -0.469. The molecule has 1 aliphatic heterocycles. The molecule has 2 aromatic rings. The third kappa shape index (κ3) is 6.94. The number of H-pyrrole nitrogens is 2. The van der Waals surface area contributed by atoms with Crippen LogP contribution in [0.3, 0.4) is 0 Å². The molecule has 0 radical (unpaired) electrons. The maximum Gasteiger partial charge on any atom is 0.386 e. The van der Waals surface area contributed by atoms with Crippen LogP contribution in [-0.2, 0) is 22.3 Å². The Morgan fingerprint density at radius 3 is 1.90 bits per heavy atom. The topological polar surface area (TPSA) is 287 Å². The van der Waals surface area contributed by atoms with E-state index in [1.54, 1.807) is 13.8 Å². The van der Waals surface area contributed by atoms with E-state index in [1.807, 2.05) is 4.98 Å². The molecule has 0 unspecified atom stereocenters. The van der Waals surface area contributed by atoms with E-state index in [-0.39, 0.29) is 18.6 Å². The number of ether oxygens (including phenoxy) is 2. The number of carbonyl (C=O) groups is 1. The van der Waals surface area contributed by atoms with E-state index in [2.05, 4.69) is 9.72 Å². The minimum Gasteiger partial charge on any atom is -0.426 e. The summed E-state index contributed by atoms with van der Waals surface area (Å²) in [5.41, 5.74) is -3.27. The standard InChI is InChI=1S/C12H18N2O5.C11H15N2O9P/c1-2-6-4-14(12(19)13-11(6)18)8-3-7(5-15)9(16)10(8)17;1-2-4-3-13(10(17)12-7(4)16)8-5(14)6(15)9(21-8)22-11(18)23(19)20/h4,7-10,15-17H,2-3,5H2,1H3,(H,13,18,19);3,5-6,8-9,14-15,19-20H,2H2,1H3,(H,12,16,17)/t7-,8-,9-,10-;5-,6-,8+,9+/m10/s1. The molecule has 0 aromatic carbocycles. The summed E-state index contributed by atoms with van der Waals surface area (Å²) in [4.78, 5) is 79.4. The largest absolute Gasteiger partial charge is 0.426 e. The van der Waals surface area contributed by atoms with E-state index in [1.165, 1.54) is 10.8 Å². The van der Waals surface area contributed by atoms with Crippen LogP contribution in [0.1, 0.15) is 43.7 Å². The quantitative estimate of drug-likeness (QED) is 0.136. The third-order valence-corrected chi connectivity index (χ3v) is 7.49. The molecule has 1 saturated carbocycles. The van der Waals surface area contributed by atoms with Crippen LogP contribution in [-0.4, -0.2) is 97.4 Å². The molecule has 0 bridgehead atoms. The van der Waals surface area contributed by atoms with Gasteiger partial charge in [0.15, 0.2) is 6.23 Å². The number of nitrogens with one attached hydrogen (secondary N) is 2. The minimum atomic E-state index is -3.05. The van der Waals surface area contributed by atoms with Gasteiger partial charge in [0.05, 0.1) is 12.1 Å². The number of nitrogens with zero attached hydrogens (tertiary/aromatic N) is 2. The number of aliphatic hydroxyl groups is 5. The predicted octanol–water partition coefficient (Wildman–Crippen LogP) is -3.52. The first-order chi connectivity index (χ1) is 19.7. The van der Waals surface area contributed by atoms with Crippen molar-refractivity contribution in [1.29, 1.82) is 0 Å². The van der Waals surface area contributed by atoms with Crippen molar-refractivity contribution in [2.75, 3.05) is 6.61 Å². The lowest BCUT2D eigenvalue weighted by Crippen LogP contribution is -2.38. The van der Waals surface area contributed by atoms with Gasteiger partial charge in [-0.2, -0.15) is 0 Å². The summed E-state index contributed by atoms with van der Waals surface area (Å²) in [6.07, 6.45) is -5.07. The fourth-order valence-corrected chi connectivity index (χ4v) is 4.85. The second kappa shape index (κ2) is 13.9. The van der Waals surface area contributed by atoms with Gasteiger partial charge in [0, 0.05) is 36.0 Å². The van der Waals surface area contributed by atoms with Gasteiger partial charge in [-0.15, -0.1) is 0 Å². The molecule has 0 amide bonds. The van der Waals surface area contributed by atoms with E-state index in [9.17, 15) is 44.4 Å². The molecule has 18 nitrogen and oxygen atoms in total. The van der Waals surface area contributed by atoms with Gasteiger partial charge in [0.25, 0.3) is 19.5 Å². The summed E-state index contributed by atoms with van der Waals surface area (Å²) >= 11 is 0. The van der Waals surface area contributed by atoms with Gasteiger partial charge < -0.3 is 44.8 Å². The second-order valence-electron chi connectivity index (χ2n) is 9.63. The Morgan fingerprint density at radius 1 is 0.905 bits per heavy atom. The van der Waals surface area contributed by atoms with Crippen molar-refractivity contribution in [3.8, 4) is 0 Å². The Balaban J connectivity index is 0.000000235. The number of aliphatic hydroxyl groups excluding tert-OH is 5. The van der Waals surface area contributed by atoms with Crippen LogP contribution in [0.2, 0.25) is 0 Å². The molecule has 42 heavy (non-hydrogen) atoms. The van der Waals surface area contributed by atoms with Crippen molar-refractivity contribution < 1.29 is 49.6 Å². The zero-order valence-corrected chi connectivity index (χ0v) is 23.3. The Hall–Kier alpha value is -3.06. The van der Waals surface area contributed by atoms with Gasteiger partial charge in [-0.05, 0) is 19.3 Å². The van der Waals surface area contributed by atoms with Gasteiger partial charge in [-0.25, -0.2) is 14.4 Å². The molecule has 1 aliphatic carbocycles. The van der Waals surface area contributed by atoms with E-state index in [4.69, 9.17) is 19.6 Å². The molecule has 2 aromatic heterocycles. The summed E-state index contributed by atoms with van der Waals surface area (Å²) < 4.78 is 11.7. The average Bonchev–Trinajstić information content (AvgIpc) is 3.38. The van der Waals surface area contributed by atoms with Gasteiger partial charge in [0.2, 0.25) is 6.29 Å². The van der Waals surface area contributed by atoms with E-state index in [0.29, 0.717) is 18.4 Å². The zero-order valence-electron chi connectivity index (χ0n) is 22.4. The Morgan fingerprint density at radius 2 is 1.43 bits per heavy atom. The molecule has 19 heteroatoms. The van der Waals surface area contributed by atoms with Crippen LogP contribution in [0.4, 0.5) is 4.79 Å². The number of carbonyl (C=O) groups excluding carboxylic acids is 1. The SMILES string of the molecule is CCc1cn([C@@H]2C[C@H](CO)[C@@H](O)[C@@H]2O)c(=O)[nH]c1=O.CCc1cn([C@@H]2O[C@H](OC(=O)P(O)O)[C@@H](O)[C@@H]2O)c(=O)[nH]c1=O. The first-order valence-electron chi connectivity index (χ1n) is 12.8. The zero-order chi connectivity index (χ0) is 31.5. The molecular formula is C23H33N4O14P. The molecule has 1 saturated heterocycles. The normalized spacial score (nSPS) is 28.9. The summed E-state index contributed by atoms with van der Waals surface area (Å²) in [5, 5.41) is 48.6. The van der Waals surface area contributed by atoms with E-state index < -0.39 is 85.5 Å². The van der Waals surface area contributed by atoms with E-state index in [0.717, 1.165) is 10.8 Å². The molecule has 234 valence electrons. The maximum absolute atomic E-state index is 11.8. The molecule has 9 N–H and O–H groups in total. The van der Waals surface area contributed by atoms with Crippen LogP contribution in [0.5, 0.6) is 0 Å². The summed E-state index contributed by atoms with van der Waals surface area (Å²) in [6.45, 7) is 3.21. The predicted molar refractivity (Wildman–Crippen MR) is 141 cm³/mol. The third-order valence-electron chi connectivity index (χ3n) is 7.06. The second-order valence-corrected chi connectivity index (χ2v) is 10.6. The lowest BCUT2D eigenvalue weighted by Gasteiger charge is -2.19. The molecule has 0 spiro atoms. The first kappa shape index (κ1) is 33.4. The van der Waals surface area contributed by atoms with Gasteiger partial charge in [-0.3, -0.25) is 28.7 Å². The minimum absolute atomic E-state index is 0.240. The molecule has 4 rings (SSSR count). The van der Waals surface area contributed by atoms with Crippen molar-refractivity contribution in [2.24, 2.45) is 5.92 Å². The van der Waals surface area contributed by atoms with Gasteiger partial charge >= 0.3 is 17.1 Å². The van der Waals surface area contributed by atoms with Crippen molar-refractivity contribution in [3.05, 3.63) is 65.2 Å². The molecule has 3 heterocycles. The number of hydrogen-bond donors (Lipinski definition) is 9. The highest BCUT2D eigenvalue weighted by Crippen LogP contribution is 2.35. The molecule has 2 fully saturated rings. The maximum atomic E-state index is 11.8. The highest BCUT2D eigenvalue weighted by molar-refractivity contribution is 7.63. The van der Waals surface area contributed by atoms with Gasteiger partial charge in [0.1, 0.15) is 18.3 Å². The van der Waals surface area contributed by atoms with E-state index >= 15 is 0 Å². The smallest absolute Gasteiger partial charge is 0.386 e. The van der Waals surface area contributed by atoms with Crippen LogP contribution in [0, 0.1) is 5.92 Å². The highest BCUT2D eigenvalue weighted by atomic mass is 31.2. The number of rotatable bonds is 7. The van der Waals surface area contributed by atoms with Crippen molar-refractivity contribution >= 4 is 14.1 Å². The highest BCUT2D eigenvalue weighted by Gasteiger charge is 2.47. The number of aromatic nitrogens is 4. The molecular weight excluding hydrogens is 587 g/mol. The number of aromatic amines is 2. The van der Waals surface area contributed by atoms with Crippen LogP contribution in [0.15, 0.2) is 31.6 Å². The Bertz CT molecular complexity index is 1480. The summed E-state index contributed by atoms with van der Waals surface area (Å²) in [6, 6.07) is -0.637. The molecule has 2 aliphatic rings. The molecule has 8 atom stereocenters. The first-order valence-corrected chi connectivity index (χ1v) is 14.1. The number of aryl methyl sites for hydroxylation is 2. The Labute approximate surface area is 237 Å². The van der Waals surface area contributed by atoms with Crippen molar-refractivity contribution in [2.45, 2.75) is 76.1 Å². The Kier molecular flexibility index (Phi) is 11.1. The summed E-state index contributed by atoms with van der Waals surface area (Å²) in [7, 11) is -3.05. The monoisotopic (exact) mass is 620 g/mol. The van der Waals surface area contributed by atoms with Crippen molar-refractivity contribution in [3.63, 3.8) is 0 Å². The number of hydrogen-bond acceptors (Lipinski definition) is 14. The van der Waals surface area contributed by atoms with Crippen LogP contribution >= 0.6 is 8.38 Å². The van der Waals surface area contributed by atoms with Crippen LogP contribution < -0.4 is 22.5 Å². The average molecular weight is 621 g/mol. The van der Waals surface area contributed by atoms with Crippen molar-refractivity contribution in [1.82, 2.24) is 19.1 Å². The lowest BCUT2D eigenvalue weighted by atomic mass is 10.1. The van der Waals surface area contributed by atoms with Gasteiger partial charge in [-0.1, -0.05) is 13.8 Å². The lowest BCUT2D eigenvalue weighted by molar-refractivity contribution is -0.140.